The number of hydrogen-bond acceptors (Lipinski definition) is 3. The smallest absolute Gasteiger partial charge is 0.173 e. The molecule has 3 nitrogen and oxygen atoms in total. The van der Waals surface area contributed by atoms with E-state index >= 15 is 0 Å². The molecule has 1 aliphatic heterocycles. The summed E-state index contributed by atoms with van der Waals surface area (Å²) in [6, 6.07) is 0. The van der Waals surface area contributed by atoms with E-state index in [-0.39, 0.29) is 5.41 Å². The fourth-order valence-electron chi connectivity index (χ4n) is 0.170. The van der Waals surface area contributed by atoms with Gasteiger partial charge >= 0.3 is 0 Å². The van der Waals surface area contributed by atoms with Crippen LogP contribution in [0.1, 0.15) is 6.92 Å². The van der Waals surface area contributed by atoms with Crippen LogP contribution in [0.3, 0.4) is 0 Å². The van der Waals surface area contributed by atoms with Gasteiger partial charge < -0.3 is 0 Å². The predicted octanol–water partition coefficient (Wildman–Crippen LogP) is -1.08. The van der Waals surface area contributed by atoms with Gasteiger partial charge in [0.05, 0.1) is 10.2 Å². The highest BCUT2D eigenvalue weighted by atomic mass is 28.1. The first-order valence-corrected chi connectivity index (χ1v) is 2.74. The normalized spacial score (nSPS) is 29.5. The van der Waals surface area contributed by atoms with E-state index in [0.717, 1.165) is 10.2 Å². The lowest BCUT2D eigenvalue weighted by atomic mass is 10.8. The lowest BCUT2D eigenvalue weighted by Crippen LogP contribution is -2.42. The van der Waals surface area contributed by atoms with Crippen molar-refractivity contribution in [3.63, 3.8) is 0 Å². The van der Waals surface area contributed by atoms with Gasteiger partial charge in [0.25, 0.3) is 0 Å². The Hall–Kier alpha value is 0.0969. The van der Waals surface area contributed by atoms with Crippen LogP contribution in [-0.2, 0) is 14.8 Å². The average Bonchev–Trinajstić information content (AvgIpc) is 1.32. The summed E-state index contributed by atoms with van der Waals surface area (Å²) in [5.74, 6) is 0. The second-order valence-corrected chi connectivity index (χ2v) is 3.45. The quantitative estimate of drug-likeness (QED) is 0.290. The molecule has 0 aliphatic carbocycles. The first-order chi connectivity index (χ1) is 2.71. The van der Waals surface area contributed by atoms with E-state index < -0.39 is 0 Å². The van der Waals surface area contributed by atoms with Gasteiger partial charge in [-0.3, -0.25) is 0 Å². The average molecular weight is 106 g/mol. The monoisotopic (exact) mass is 106 g/mol. The summed E-state index contributed by atoms with van der Waals surface area (Å²) < 4.78 is 0. The Bertz CT molecular complexity index is 55.8. The highest BCUT2D eigenvalue weighted by molar-refractivity contribution is 6.13. The summed E-state index contributed by atoms with van der Waals surface area (Å²) in [6.07, 6.45) is 0. The molecule has 0 spiro atoms. The molecule has 0 aromatic heterocycles. The molecule has 4 heteroatoms. The van der Waals surface area contributed by atoms with Crippen molar-refractivity contribution in [3.8, 4) is 0 Å². The van der Waals surface area contributed by atoms with Gasteiger partial charge in [-0.2, -0.15) is 9.78 Å². The molecular weight excluding hydrogens is 100 g/mol. The van der Waals surface area contributed by atoms with Crippen LogP contribution >= 0.6 is 0 Å². The fourth-order valence-corrected chi connectivity index (χ4v) is 0.306. The molecule has 0 unspecified atom stereocenters. The van der Waals surface area contributed by atoms with Crippen molar-refractivity contribution in [1.29, 1.82) is 0 Å². The SMILES string of the molecule is CC1([SiH3])OOO1. The summed E-state index contributed by atoms with van der Waals surface area (Å²) in [4.78, 5) is 8.92. The van der Waals surface area contributed by atoms with Crippen molar-refractivity contribution >= 4 is 10.2 Å². The van der Waals surface area contributed by atoms with Gasteiger partial charge in [-0.15, -0.1) is 0 Å². The Balaban J connectivity index is 2.31. The number of hydrogen-bond donors (Lipinski definition) is 0. The van der Waals surface area contributed by atoms with Crippen LogP contribution in [0.4, 0.5) is 0 Å². The topological polar surface area (TPSA) is 27.7 Å². The molecule has 0 amide bonds. The maximum atomic E-state index is 4.46. The van der Waals surface area contributed by atoms with E-state index in [1.165, 1.54) is 0 Å². The molecule has 0 atom stereocenters. The van der Waals surface area contributed by atoms with Gasteiger partial charge in [0.2, 0.25) is 5.41 Å². The second kappa shape index (κ2) is 1.03. The lowest BCUT2D eigenvalue weighted by molar-refractivity contribution is -0.704. The van der Waals surface area contributed by atoms with Crippen LogP contribution in [-0.4, -0.2) is 15.7 Å². The van der Waals surface area contributed by atoms with Gasteiger partial charge in [0.15, 0.2) is 0 Å². The highest BCUT2D eigenvalue weighted by Crippen LogP contribution is 2.17. The van der Waals surface area contributed by atoms with Crippen LogP contribution in [0.2, 0.25) is 0 Å². The molecule has 0 aromatic rings. The van der Waals surface area contributed by atoms with Gasteiger partial charge in [-0.25, -0.2) is 0 Å². The third-order valence-corrected chi connectivity index (χ3v) is 0.803. The zero-order valence-corrected chi connectivity index (χ0v) is 5.72. The minimum absolute atomic E-state index is 0.361. The van der Waals surface area contributed by atoms with Gasteiger partial charge in [0.1, 0.15) is 0 Å². The lowest BCUT2D eigenvalue weighted by Gasteiger charge is -2.29. The molecule has 0 bridgehead atoms. The molecule has 0 aromatic carbocycles. The molecule has 1 fully saturated rings. The van der Waals surface area contributed by atoms with Crippen molar-refractivity contribution in [2.24, 2.45) is 0 Å². The van der Waals surface area contributed by atoms with Crippen LogP contribution in [0.5, 0.6) is 0 Å². The van der Waals surface area contributed by atoms with E-state index in [0.29, 0.717) is 0 Å². The zero-order chi connectivity index (χ0) is 4.62. The molecule has 0 radical (unpaired) electrons. The van der Waals surface area contributed by atoms with E-state index in [2.05, 4.69) is 14.8 Å². The first-order valence-electron chi connectivity index (χ1n) is 1.74. The van der Waals surface area contributed by atoms with Crippen molar-refractivity contribution < 1.29 is 14.8 Å². The second-order valence-electron chi connectivity index (χ2n) is 1.63. The van der Waals surface area contributed by atoms with Gasteiger partial charge in [-0.1, -0.05) is 5.04 Å². The molecular formula is C2H6O3Si. The van der Waals surface area contributed by atoms with Crippen molar-refractivity contribution in [2.75, 3.05) is 0 Å². The van der Waals surface area contributed by atoms with Crippen LogP contribution < -0.4 is 0 Å². The fraction of sp³-hybridized carbons (Fsp3) is 1.00. The third kappa shape index (κ3) is 0.599. The Morgan fingerprint density at radius 2 is 1.83 bits per heavy atom. The molecule has 0 saturated carbocycles. The Morgan fingerprint density at radius 1 is 1.50 bits per heavy atom. The van der Waals surface area contributed by atoms with Gasteiger partial charge in [0, 0.05) is 0 Å². The Morgan fingerprint density at radius 3 is 1.83 bits per heavy atom. The van der Waals surface area contributed by atoms with Crippen molar-refractivity contribution in [3.05, 3.63) is 0 Å². The van der Waals surface area contributed by atoms with E-state index in [1.54, 1.807) is 0 Å². The summed E-state index contributed by atoms with van der Waals surface area (Å²) in [7, 11) is 0.846. The standard InChI is InChI=1S/C2H6O3Si/c1-2(6)3-5-4-2/h1,6H3. The van der Waals surface area contributed by atoms with E-state index in [9.17, 15) is 0 Å². The molecule has 36 valence electrons. The molecule has 1 saturated heterocycles. The van der Waals surface area contributed by atoms with Crippen molar-refractivity contribution in [2.45, 2.75) is 12.3 Å². The number of rotatable bonds is 0. The summed E-state index contributed by atoms with van der Waals surface area (Å²) in [5.41, 5.74) is -0.361. The molecule has 0 N–H and O–H groups in total. The molecule has 1 heterocycles. The Kier molecular flexibility index (Phi) is 0.734. The van der Waals surface area contributed by atoms with Gasteiger partial charge in [-0.05, 0) is 6.92 Å². The molecule has 1 aliphatic rings. The largest absolute Gasteiger partial charge is 0.210 e. The summed E-state index contributed by atoms with van der Waals surface area (Å²) in [5, 5.41) is 3.97. The first kappa shape index (κ1) is 4.26. The maximum absolute atomic E-state index is 4.46. The molecule has 6 heavy (non-hydrogen) atoms. The maximum Gasteiger partial charge on any atom is 0.210 e. The minimum atomic E-state index is -0.361. The predicted molar refractivity (Wildman–Crippen MR) is 21.6 cm³/mol. The Labute approximate surface area is 38.5 Å². The van der Waals surface area contributed by atoms with Crippen LogP contribution in [0.25, 0.3) is 0 Å². The minimum Gasteiger partial charge on any atom is -0.173 e. The molecule has 1 rings (SSSR count). The highest BCUT2D eigenvalue weighted by Gasteiger charge is 2.31. The van der Waals surface area contributed by atoms with Crippen LogP contribution in [0, 0.1) is 0 Å². The summed E-state index contributed by atoms with van der Waals surface area (Å²) in [6.45, 7) is 1.82. The van der Waals surface area contributed by atoms with Crippen molar-refractivity contribution in [1.82, 2.24) is 0 Å². The third-order valence-electron chi connectivity index (χ3n) is 0.469. The summed E-state index contributed by atoms with van der Waals surface area (Å²) >= 11 is 0. The zero-order valence-electron chi connectivity index (χ0n) is 3.72. The van der Waals surface area contributed by atoms with E-state index in [4.69, 9.17) is 0 Å². The van der Waals surface area contributed by atoms with E-state index in [1.807, 2.05) is 6.92 Å². The van der Waals surface area contributed by atoms with Crippen LogP contribution in [0.15, 0.2) is 0 Å².